The number of rotatable bonds is 5. The summed E-state index contributed by atoms with van der Waals surface area (Å²) in [6.45, 7) is 2.90. The van der Waals surface area contributed by atoms with Gasteiger partial charge in [0.15, 0.2) is 5.79 Å². The average Bonchev–Trinajstić information content (AvgIpc) is 2.47. The molecule has 1 N–H and O–H groups in total. The minimum absolute atomic E-state index is 0.727. The van der Waals surface area contributed by atoms with E-state index in [1.165, 1.54) is 12.8 Å². The van der Waals surface area contributed by atoms with Crippen LogP contribution in [0.2, 0.25) is 0 Å². The van der Waals surface area contributed by atoms with E-state index in [0.717, 1.165) is 38.7 Å². The van der Waals surface area contributed by atoms with E-state index in [0.29, 0.717) is 0 Å². The lowest BCUT2D eigenvalue weighted by atomic mass is 10.2. The number of unbranched alkanes of at least 4 members (excludes halogenated alkanes) is 2. The Bertz CT molecular complexity index is 117. The summed E-state index contributed by atoms with van der Waals surface area (Å²) in [6, 6.07) is 0. The number of hydrogen-bond acceptors (Lipinski definition) is 2. The maximum atomic E-state index is 9.77. The molecule has 1 fully saturated rings. The molecule has 1 rings (SSSR count). The van der Waals surface area contributed by atoms with Gasteiger partial charge in [0.2, 0.25) is 0 Å². The molecule has 0 atom stereocenters. The molecule has 0 heterocycles. The minimum atomic E-state index is -0.756. The third-order valence-corrected chi connectivity index (χ3v) is 2.50. The summed E-state index contributed by atoms with van der Waals surface area (Å²) < 4.78 is 5.45. The van der Waals surface area contributed by atoms with Crippen LogP contribution in [0.15, 0.2) is 0 Å². The lowest BCUT2D eigenvalue weighted by molar-refractivity contribution is -0.197. The van der Waals surface area contributed by atoms with Crippen molar-refractivity contribution in [2.75, 3.05) is 6.61 Å². The summed E-state index contributed by atoms with van der Waals surface area (Å²) >= 11 is 0. The highest BCUT2D eigenvalue weighted by molar-refractivity contribution is 4.74. The largest absolute Gasteiger partial charge is 0.365 e. The fraction of sp³-hybridized carbons (Fsp3) is 1.00. The molecule has 1 aliphatic rings. The van der Waals surface area contributed by atoms with Gasteiger partial charge in [-0.2, -0.15) is 0 Å². The molecule has 0 aromatic heterocycles. The van der Waals surface area contributed by atoms with E-state index in [-0.39, 0.29) is 0 Å². The topological polar surface area (TPSA) is 29.5 Å². The van der Waals surface area contributed by atoms with Gasteiger partial charge in [-0.1, -0.05) is 19.8 Å². The third kappa shape index (κ3) is 3.11. The SMILES string of the molecule is CCCCCOC1(O)CCCC1. The summed E-state index contributed by atoms with van der Waals surface area (Å²) in [4.78, 5) is 0. The van der Waals surface area contributed by atoms with Crippen molar-refractivity contribution in [3.63, 3.8) is 0 Å². The second-order valence-corrected chi connectivity index (χ2v) is 3.71. The van der Waals surface area contributed by atoms with E-state index >= 15 is 0 Å². The number of ether oxygens (including phenoxy) is 1. The summed E-state index contributed by atoms with van der Waals surface area (Å²) in [5.41, 5.74) is 0. The van der Waals surface area contributed by atoms with Crippen LogP contribution in [0.3, 0.4) is 0 Å². The molecular weight excluding hydrogens is 152 g/mol. The highest BCUT2D eigenvalue weighted by Crippen LogP contribution is 2.30. The monoisotopic (exact) mass is 172 g/mol. The molecule has 2 heteroatoms. The van der Waals surface area contributed by atoms with Crippen LogP contribution in [0.5, 0.6) is 0 Å². The molecule has 0 bridgehead atoms. The first-order valence-corrected chi connectivity index (χ1v) is 5.13. The zero-order valence-corrected chi connectivity index (χ0v) is 8.01. The molecule has 0 radical (unpaired) electrons. The van der Waals surface area contributed by atoms with Gasteiger partial charge in [0.1, 0.15) is 0 Å². The van der Waals surface area contributed by atoms with Crippen molar-refractivity contribution in [1.29, 1.82) is 0 Å². The van der Waals surface area contributed by atoms with Gasteiger partial charge in [0.05, 0.1) is 6.61 Å². The Labute approximate surface area is 74.9 Å². The summed E-state index contributed by atoms with van der Waals surface area (Å²) in [5.74, 6) is -0.756. The maximum Gasteiger partial charge on any atom is 0.165 e. The predicted octanol–water partition coefficient (Wildman–Crippen LogP) is 2.46. The van der Waals surface area contributed by atoms with Gasteiger partial charge in [-0.15, -0.1) is 0 Å². The molecule has 0 spiro atoms. The zero-order chi connectivity index (χ0) is 8.86. The second-order valence-electron chi connectivity index (χ2n) is 3.71. The van der Waals surface area contributed by atoms with Crippen LogP contribution >= 0.6 is 0 Å². The Morgan fingerprint density at radius 1 is 1.25 bits per heavy atom. The van der Waals surface area contributed by atoms with Gasteiger partial charge in [-0.05, 0) is 19.3 Å². The quantitative estimate of drug-likeness (QED) is 0.510. The van der Waals surface area contributed by atoms with Gasteiger partial charge >= 0.3 is 0 Å². The maximum absolute atomic E-state index is 9.77. The highest BCUT2D eigenvalue weighted by atomic mass is 16.6. The molecule has 2 nitrogen and oxygen atoms in total. The zero-order valence-electron chi connectivity index (χ0n) is 8.01. The first-order valence-electron chi connectivity index (χ1n) is 5.13. The van der Waals surface area contributed by atoms with E-state index in [1.807, 2.05) is 0 Å². The summed E-state index contributed by atoms with van der Waals surface area (Å²) in [7, 11) is 0. The Morgan fingerprint density at radius 3 is 2.50 bits per heavy atom. The highest BCUT2D eigenvalue weighted by Gasteiger charge is 2.31. The Kier molecular flexibility index (Phi) is 4.02. The molecule has 72 valence electrons. The van der Waals surface area contributed by atoms with Gasteiger partial charge in [-0.3, -0.25) is 0 Å². The van der Waals surface area contributed by atoms with Crippen molar-refractivity contribution >= 4 is 0 Å². The van der Waals surface area contributed by atoms with Crippen LogP contribution in [0.1, 0.15) is 51.9 Å². The lowest BCUT2D eigenvalue weighted by Crippen LogP contribution is -2.28. The van der Waals surface area contributed by atoms with E-state index in [9.17, 15) is 5.11 Å². The minimum Gasteiger partial charge on any atom is -0.365 e. The predicted molar refractivity (Wildman–Crippen MR) is 48.9 cm³/mol. The van der Waals surface area contributed by atoms with Crippen molar-refractivity contribution in [3.8, 4) is 0 Å². The van der Waals surface area contributed by atoms with E-state index < -0.39 is 5.79 Å². The molecule has 1 saturated carbocycles. The van der Waals surface area contributed by atoms with Crippen molar-refractivity contribution in [2.45, 2.75) is 57.7 Å². The third-order valence-electron chi connectivity index (χ3n) is 2.50. The van der Waals surface area contributed by atoms with Crippen LogP contribution in [0, 0.1) is 0 Å². The molecule has 0 saturated heterocycles. The van der Waals surface area contributed by atoms with Gasteiger partial charge in [-0.25, -0.2) is 0 Å². The fourth-order valence-electron chi connectivity index (χ4n) is 1.69. The molecule has 0 aliphatic heterocycles. The van der Waals surface area contributed by atoms with Crippen LogP contribution in [0.25, 0.3) is 0 Å². The van der Waals surface area contributed by atoms with E-state index in [2.05, 4.69) is 6.92 Å². The normalized spacial score (nSPS) is 21.5. The standard InChI is InChI=1S/C10H20O2/c1-2-3-6-9-12-10(11)7-4-5-8-10/h11H,2-9H2,1H3. The van der Waals surface area contributed by atoms with Gasteiger partial charge < -0.3 is 9.84 Å². The molecule has 1 aliphatic carbocycles. The molecule has 12 heavy (non-hydrogen) atoms. The van der Waals surface area contributed by atoms with Gasteiger partial charge in [0, 0.05) is 12.8 Å². The number of hydrogen-bond donors (Lipinski definition) is 1. The Balaban J connectivity index is 2.05. The first-order chi connectivity index (χ1) is 5.77. The van der Waals surface area contributed by atoms with Crippen molar-refractivity contribution in [3.05, 3.63) is 0 Å². The molecule has 0 amide bonds. The first kappa shape index (κ1) is 10.0. The number of aliphatic hydroxyl groups is 1. The Morgan fingerprint density at radius 2 is 1.92 bits per heavy atom. The lowest BCUT2D eigenvalue weighted by Gasteiger charge is -2.22. The smallest absolute Gasteiger partial charge is 0.165 e. The van der Waals surface area contributed by atoms with Crippen LogP contribution in [-0.4, -0.2) is 17.5 Å². The van der Waals surface area contributed by atoms with E-state index in [4.69, 9.17) is 4.74 Å². The van der Waals surface area contributed by atoms with Crippen LogP contribution < -0.4 is 0 Å². The van der Waals surface area contributed by atoms with Gasteiger partial charge in [0.25, 0.3) is 0 Å². The summed E-state index contributed by atoms with van der Waals surface area (Å²) in [6.07, 6.45) is 7.39. The fourth-order valence-corrected chi connectivity index (χ4v) is 1.69. The molecular formula is C10H20O2. The molecule has 0 aromatic carbocycles. The van der Waals surface area contributed by atoms with Crippen molar-refractivity contribution in [2.24, 2.45) is 0 Å². The van der Waals surface area contributed by atoms with E-state index in [1.54, 1.807) is 0 Å². The molecule has 0 unspecified atom stereocenters. The Hall–Kier alpha value is -0.0800. The van der Waals surface area contributed by atoms with Crippen LogP contribution in [0.4, 0.5) is 0 Å². The van der Waals surface area contributed by atoms with Crippen LogP contribution in [-0.2, 0) is 4.74 Å². The van der Waals surface area contributed by atoms with Crippen molar-refractivity contribution < 1.29 is 9.84 Å². The summed E-state index contributed by atoms with van der Waals surface area (Å²) in [5, 5.41) is 9.77. The molecule has 0 aromatic rings. The average molecular weight is 172 g/mol. The second kappa shape index (κ2) is 4.83. The van der Waals surface area contributed by atoms with Crippen molar-refractivity contribution in [1.82, 2.24) is 0 Å².